The molecular formula is C16H12ClN3O. The summed E-state index contributed by atoms with van der Waals surface area (Å²) in [6, 6.07) is 11.5. The average Bonchev–Trinajstić information content (AvgIpc) is 2.94. The van der Waals surface area contributed by atoms with Crippen LogP contribution in [0.2, 0.25) is 5.02 Å². The number of fused-ring (bicyclic) bond motifs is 2. The van der Waals surface area contributed by atoms with E-state index in [-0.39, 0.29) is 0 Å². The van der Waals surface area contributed by atoms with Gasteiger partial charge in [-0.3, -0.25) is 0 Å². The molecule has 0 unspecified atom stereocenters. The first-order valence-corrected chi connectivity index (χ1v) is 7.01. The molecule has 1 aliphatic heterocycles. The quantitative estimate of drug-likeness (QED) is 0.746. The van der Waals surface area contributed by atoms with Gasteiger partial charge < -0.3 is 10.5 Å². The summed E-state index contributed by atoms with van der Waals surface area (Å²) >= 11 is 6.03. The number of benzene rings is 2. The van der Waals surface area contributed by atoms with Crippen LogP contribution in [0.15, 0.2) is 36.4 Å². The van der Waals surface area contributed by atoms with Gasteiger partial charge >= 0.3 is 0 Å². The van der Waals surface area contributed by atoms with Crippen LogP contribution in [0.3, 0.4) is 0 Å². The molecule has 0 radical (unpaired) electrons. The van der Waals surface area contributed by atoms with Gasteiger partial charge in [0.1, 0.15) is 5.82 Å². The molecule has 1 aliphatic rings. The second-order valence-electron chi connectivity index (χ2n) is 5.07. The molecule has 0 saturated heterocycles. The summed E-state index contributed by atoms with van der Waals surface area (Å²) < 4.78 is 5.43. The van der Waals surface area contributed by atoms with Crippen LogP contribution in [0.25, 0.3) is 22.3 Å². The fraction of sp³-hybridized carbons (Fsp3) is 0.125. The molecule has 0 spiro atoms. The number of hydrogen-bond acceptors (Lipinski definition) is 4. The Hall–Kier alpha value is -2.17. The number of nitrogens with zero attached hydrogens (tertiary/aromatic N) is 2. The molecule has 5 heteroatoms. The minimum atomic E-state index is 0.461. The SMILES string of the molecule is Nc1nc(-c2ccc3c(c2)COC3)nc2cc(Cl)ccc12. The highest BCUT2D eigenvalue weighted by Gasteiger charge is 2.14. The molecule has 0 fully saturated rings. The third-order valence-electron chi connectivity index (χ3n) is 3.67. The van der Waals surface area contributed by atoms with Gasteiger partial charge in [-0.25, -0.2) is 9.97 Å². The topological polar surface area (TPSA) is 61.0 Å². The van der Waals surface area contributed by atoms with Gasteiger partial charge in [-0.15, -0.1) is 0 Å². The van der Waals surface area contributed by atoms with Crippen molar-refractivity contribution in [3.05, 3.63) is 52.5 Å². The molecule has 1 aromatic heterocycles. The number of nitrogens with two attached hydrogens (primary N) is 1. The van der Waals surface area contributed by atoms with Gasteiger partial charge in [-0.1, -0.05) is 23.7 Å². The maximum Gasteiger partial charge on any atom is 0.162 e. The molecule has 2 heterocycles. The van der Waals surface area contributed by atoms with E-state index in [1.54, 1.807) is 12.1 Å². The Morgan fingerprint density at radius 3 is 2.76 bits per heavy atom. The zero-order valence-corrected chi connectivity index (χ0v) is 11.9. The van der Waals surface area contributed by atoms with Crippen molar-refractivity contribution >= 4 is 28.3 Å². The molecule has 0 aliphatic carbocycles. The molecule has 0 atom stereocenters. The van der Waals surface area contributed by atoms with Gasteiger partial charge in [-0.2, -0.15) is 0 Å². The molecular weight excluding hydrogens is 286 g/mol. The standard InChI is InChI=1S/C16H12ClN3O/c17-12-3-4-13-14(6-12)19-16(20-15(13)18)9-1-2-10-7-21-8-11(10)5-9/h1-6H,7-8H2,(H2,18,19,20). The molecule has 21 heavy (non-hydrogen) atoms. The van der Waals surface area contributed by atoms with Crippen molar-refractivity contribution in [2.75, 3.05) is 5.73 Å². The number of halogens is 1. The third kappa shape index (κ3) is 2.13. The van der Waals surface area contributed by atoms with Gasteiger partial charge in [0.25, 0.3) is 0 Å². The number of nitrogen functional groups attached to an aromatic ring is 1. The molecule has 0 saturated carbocycles. The predicted octanol–water partition coefficient (Wildman–Crippen LogP) is 3.56. The van der Waals surface area contributed by atoms with E-state index >= 15 is 0 Å². The zero-order valence-electron chi connectivity index (χ0n) is 11.1. The largest absolute Gasteiger partial charge is 0.383 e. The summed E-state index contributed by atoms with van der Waals surface area (Å²) in [6.45, 7) is 1.31. The Balaban J connectivity index is 1.90. The lowest BCUT2D eigenvalue weighted by Gasteiger charge is -2.07. The lowest BCUT2D eigenvalue weighted by Crippen LogP contribution is -1.98. The highest BCUT2D eigenvalue weighted by atomic mass is 35.5. The van der Waals surface area contributed by atoms with E-state index in [0.29, 0.717) is 29.9 Å². The van der Waals surface area contributed by atoms with Crippen LogP contribution in [0.4, 0.5) is 5.82 Å². The Morgan fingerprint density at radius 2 is 1.86 bits per heavy atom. The van der Waals surface area contributed by atoms with Crippen LogP contribution < -0.4 is 5.73 Å². The van der Waals surface area contributed by atoms with Crippen LogP contribution in [-0.4, -0.2) is 9.97 Å². The summed E-state index contributed by atoms with van der Waals surface area (Å²) in [5.74, 6) is 1.07. The van der Waals surface area contributed by atoms with E-state index in [9.17, 15) is 0 Å². The molecule has 4 rings (SSSR count). The lowest BCUT2D eigenvalue weighted by molar-refractivity contribution is 0.134. The van der Waals surface area contributed by atoms with Crippen molar-refractivity contribution in [3.8, 4) is 11.4 Å². The second kappa shape index (κ2) is 4.69. The van der Waals surface area contributed by atoms with Gasteiger partial charge in [-0.05, 0) is 35.4 Å². The van der Waals surface area contributed by atoms with E-state index in [1.165, 1.54) is 11.1 Å². The van der Waals surface area contributed by atoms with Crippen LogP contribution in [0, 0.1) is 0 Å². The Morgan fingerprint density at radius 1 is 1.00 bits per heavy atom. The van der Waals surface area contributed by atoms with E-state index < -0.39 is 0 Å². The van der Waals surface area contributed by atoms with Gasteiger partial charge in [0.15, 0.2) is 5.82 Å². The van der Waals surface area contributed by atoms with Crippen molar-refractivity contribution in [2.24, 2.45) is 0 Å². The Kier molecular flexibility index (Phi) is 2.80. The normalized spacial score (nSPS) is 13.6. The van der Waals surface area contributed by atoms with Crippen LogP contribution in [0.1, 0.15) is 11.1 Å². The lowest BCUT2D eigenvalue weighted by atomic mass is 10.1. The fourth-order valence-electron chi connectivity index (χ4n) is 2.57. The van der Waals surface area contributed by atoms with Crippen LogP contribution in [0.5, 0.6) is 0 Å². The Bertz CT molecular complexity index is 864. The number of aromatic nitrogens is 2. The van der Waals surface area contributed by atoms with E-state index in [1.807, 2.05) is 12.1 Å². The van der Waals surface area contributed by atoms with E-state index in [2.05, 4.69) is 22.1 Å². The summed E-state index contributed by atoms with van der Waals surface area (Å²) in [5.41, 5.74) is 10.1. The van der Waals surface area contributed by atoms with Crippen molar-refractivity contribution in [1.82, 2.24) is 9.97 Å². The first kappa shape index (κ1) is 12.6. The minimum Gasteiger partial charge on any atom is -0.383 e. The molecule has 2 N–H and O–H groups in total. The first-order valence-electron chi connectivity index (χ1n) is 6.63. The monoisotopic (exact) mass is 297 g/mol. The molecule has 3 aromatic rings. The van der Waals surface area contributed by atoms with Gasteiger partial charge in [0.05, 0.1) is 18.7 Å². The first-order chi connectivity index (χ1) is 10.2. The number of anilines is 1. The average molecular weight is 298 g/mol. The van der Waals surface area contributed by atoms with Crippen molar-refractivity contribution in [2.45, 2.75) is 13.2 Å². The third-order valence-corrected chi connectivity index (χ3v) is 3.90. The zero-order chi connectivity index (χ0) is 14.4. The fourth-order valence-corrected chi connectivity index (χ4v) is 2.73. The highest BCUT2D eigenvalue weighted by Crippen LogP contribution is 2.28. The number of ether oxygens (including phenoxy) is 1. The molecule has 0 bridgehead atoms. The van der Waals surface area contributed by atoms with Crippen molar-refractivity contribution in [1.29, 1.82) is 0 Å². The maximum atomic E-state index is 6.04. The van der Waals surface area contributed by atoms with Crippen molar-refractivity contribution in [3.63, 3.8) is 0 Å². The number of hydrogen-bond donors (Lipinski definition) is 1. The summed E-state index contributed by atoms with van der Waals surface area (Å²) in [5, 5.41) is 1.45. The number of rotatable bonds is 1. The van der Waals surface area contributed by atoms with Crippen molar-refractivity contribution < 1.29 is 4.74 Å². The molecule has 104 valence electrons. The Labute approximate surface area is 126 Å². The summed E-state index contributed by atoms with van der Waals surface area (Å²) in [7, 11) is 0. The van der Waals surface area contributed by atoms with E-state index in [4.69, 9.17) is 22.1 Å². The van der Waals surface area contributed by atoms with Gasteiger partial charge in [0.2, 0.25) is 0 Å². The molecule has 4 nitrogen and oxygen atoms in total. The maximum absolute atomic E-state index is 6.04. The van der Waals surface area contributed by atoms with E-state index in [0.717, 1.165) is 16.5 Å². The van der Waals surface area contributed by atoms with Crippen LogP contribution in [-0.2, 0) is 18.0 Å². The molecule has 2 aromatic carbocycles. The minimum absolute atomic E-state index is 0.461. The molecule has 0 amide bonds. The highest BCUT2D eigenvalue weighted by molar-refractivity contribution is 6.31. The second-order valence-corrected chi connectivity index (χ2v) is 5.51. The smallest absolute Gasteiger partial charge is 0.162 e. The predicted molar refractivity (Wildman–Crippen MR) is 82.9 cm³/mol. The van der Waals surface area contributed by atoms with Gasteiger partial charge in [0, 0.05) is 16.0 Å². The summed E-state index contributed by atoms with van der Waals surface area (Å²) in [4.78, 5) is 8.99. The van der Waals surface area contributed by atoms with Crippen LogP contribution >= 0.6 is 11.6 Å². The summed E-state index contributed by atoms with van der Waals surface area (Å²) in [6.07, 6.45) is 0.